The lowest BCUT2D eigenvalue weighted by Crippen LogP contribution is -2.37. The van der Waals surface area contributed by atoms with E-state index in [4.69, 9.17) is 4.74 Å². The monoisotopic (exact) mass is 297 g/mol. The van der Waals surface area contributed by atoms with Crippen LogP contribution < -0.4 is 0 Å². The number of carbonyl (C=O) groups is 1. The Bertz CT molecular complexity index is 615. The number of hydrogen-bond acceptors (Lipinski definition) is 3. The molecule has 0 radical (unpaired) electrons. The van der Waals surface area contributed by atoms with E-state index in [2.05, 4.69) is 0 Å². The molecule has 4 nitrogen and oxygen atoms in total. The lowest BCUT2D eigenvalue weighted by atomic mass is 10.2. The van der Waals surface area contributed by atoms with E-state index in [1.54, 1.807) is 0 Å². The standard InChI is InChI=1S/C18H19NO3/c20-17-11-16(22-13-15-9-5-2-6-10-15)18(21)19(17)12-14-7-3-1-4-8-14/h1-10,16,18,21H,11-13H2. The van der Waals surface area contributed by atoms with Gasteiger partial charge in [-0.25, -0.2) is 0 Å². The summed E-state index contributed by atoms with van der Waals surface area (Å²) in [6.45, 7) is 0.807. The summed E-state index contributed by atoms with van der Waals surface area (Å²) in [6, 6.07) is 19.4. The molecule has 1 amide bonds. The van der Waals surface area contributed by atoms with Crippen LogP contribution in [0, 0.1) is 0 Å². The first kappa shape index (κ1) is 14.8. The number of benzene rings is 2. The summed E-state index contributed by atoms with van der Waals surface area (Å²) in [4.78, 5) is 13.6. The van der Waals surface area contributed by atoms with Crippen LogP contribution in [0.25, 0.3) is 0 Å². The Morgan fingerprint density at radius 1 is 1.00 bits per heavy atom. The fourth-order valence-corrected chi connectivity index (χ4v) is 2.63. The molecule has 1 saturated heterocycles. The van der Waals surface area contributed by atoms with Gasteiger partial charge in [-0.05, 0) is 11.1 Å². The number of hydrogen-bond donors (Lipinski definition) is 1. The molecule has 0 spiro atoms. The maximum Gasteiger partial charge on any atom is 0.227 e. The summed E-state index contributed by atoms with van der Waals surface area (Å²) in [5.74, 6) is -0.0746. The van der Waals surface area contributed by atoms with Gasteiger partial charge in [-0.2, -0.15) is 0 Å². The molecule has 1 aliphatic heterocycles. The summed E-state index contributed by atoms with van der Waals surface area (Å²) in [6.07, 6.45) is -1.14. The largest absolute Gasteiger partial charge is 0.371 e. The number of aliphatic hydroxyl groups is 1. The molecule has 1 aliphatic rings. The molecule has 22 heavy (non-hydrogen) atoms. The van der Waals surface area contributed by atoms with Crippen molar-refractivity contribution in [3.8, 4) is 0 Å². The van der Waals surface area contributed by atoms with Crippen LogP contribution in [-0.4, -0.2) is 28.2 Å². The first-order valence-electron chi connectivity index (χ1n) is 7.41. The molecular formula is C18H19NO3. The first-order chi connectivity index (χ1) is 10.7. The minimum absolute atomic E-state index is 0.0746. The molecule has 3 rings (SSSR count). The Morgan fingerprint density at radius 3 is 2.23 bits per heavy atom. The maximum atomic E-state index is 12.1. The minimum Gasteiger partial charge on any atom is -0.371 e. The molecule has 1 N–H and O–H groups in total. The number of carbonyl (C=O) groups excluding carboxylic acids is 1. The van der Waals surface area contributed by atoms with Gasteiger partial charge in [0.15, 0.2) is 6.23 Å². The molecule has 1 fully saturated rings. The molecule has 2 aromatic rings. The first-order valence-corrected chi connectivity index (χ1v) is 7.41. The zero-order chi connectivity index (χ0) is 15.4. The molecule has 0 aromatic heterocycles. The Morgan fingerprint density at radius 2 is 1.59 bits per heavy atom. The Hall–Kier alpha value is -2.17. The highest BCUT2D eigenvalue weighted by molar-refractivity contribution is 5.79. The summed E-state index contributed by atoms with van der Waals surface area (Å²) in [5.41, 5.74) is 2.03. The average molecular weight is 297 g/mol. The molecule has 4 heteroatoms. The van der Waals surface area contributed by atoms with Crippen LogP contribution in [0.4, 0.5) is 0 Å². The molecule has 0 saturated carbocycles. The average Bonchev–Trinajstić information content (AvgIpc) is 2.82. The lowest BCUT2D eigenvalue weighted by molar-refractivity contribution is -0.135. The third-order valence-electron chi connectivity index (χ3n) is 3.85. The second-order valence-corrected chi connectivity index (χ2v) is 5.46. The third-order valence-corrected chi connectivity index (χ3v) is 3.85. The van der Waals surface area contributed by atoms with E-state index >= 15 is 0 Å². The van der Waals surface area contributed by atoms with Crippen molar-refractivity contribution in [2.75, 3.05) is 0 Å². The van der Waals surface area contributed by atoms with Gasteiger partial charge < -0.3 is 14.7 Å². The van der Waals surface area contributed by atoms with Crippen molar-refractivity contribution in [2.24, 2.45) is 0 Å². The van der Waals surface area contributed by atoms with E-state index in [1.807, 2.05) is 60.7 Å². The van der Waals surface area contributed by atoms with Crippen LogP contribution in [0.3, 0.4) is 0 Å². The van der Waals surface area contributed by atoms with E-state index in [0.29, 0.717) is 13.2 Å². The number of nitrogens with zero attached hydrogens (tertiary/aromatic N) is 1. The van der Waals surface area contributed by atoms with Gasteiger partial charge in [0.1, 0.15) is 6.10 Å². The molecule has 2 aromatic carbocycles. The third kappa shape index (κ3) is 3.35. The number of aliphatic hydroxyl groups excluding tert-OH is 1. The van der Waals surface area contributed by atoms with Gasteiger partial charge >= 0.3 is 0 Å². The number of amides is 1. The topological polar surface area (TPSA) is 49.8 Å². The maximum absolute atomic E-state index is 12.1. The number of rotatable bonds is 5. The van der Waals surface area contributed by atoms with Gasteiger partial charge in [-0.1, -0.05) is 60.7 Å². The van der Waals surface area contributed by atoms with Crippen molar-refractivity contribution in [1.82, 2.24) is 4.90 Å². The van der Waals surface area contributed by atoms with Crippen molar-refractivity contribution < 1.29 is 14.6 Å². The molecule has 114 valence electrons. The van der Waals surface area contributed by atoms with Gasteiger partial charge in [0.25, 0.3) is 0 Å². The van der Waals surface area contributed by atoms with Crippen molar-refractivity contribution >= 4 is 5.91 Å². The predicted molar refractivity (Wildman–Crippen MR) is 82.6 cm³/mol. The van der Waals surface area contributed by atoms with E-state index in [0.717, 1.165) is 11.1 Å². The highest BCUT2D eigenvalue weighted by Gasteiger charge is 2.39. The molecular weight excluding hydrogens is 278 g/mol. The van der Waals surface area contributed by atoms with Gasteiger partial charge in [0.2, 0.25) is 5.91 Å². The zero-order valence-corrected chi connectivity index (χ0v) is 12.3. The van der Waals surface area contributed by atoms with Crippen LogP contribution in [0.5, 0.6) is 0 Å². The van der Waals surface area contributed by atoms with Gasteiger partial charge in [-0.15, -0.1) is 0 Å². The molecule has 2 unspecified atom stereocenters. The summed E-state index contributed by atoms with van der Waals surface area (Å²) < 4.78 is 5.73. The normalized spacial score (nSPS) is 21.3. The van der Waals surface area contributed by atoms with Crippen molar-refractivity contribution in [3.63, 3.8) is 0 Å². The van der Waals surface area contributed by atoms with Crippen molar-refractivity contribution in [1.29, 1.82) is 0 Å². The highest BCUT2D eigenvalue weighted by Crippen LogP contribution is 2.23. The van der Waals surface area contributed by atoms with Crippen LogP contribution >= 0.6 is 0 Å². The quantitative estimate of drug-likeness (QED) is 0.921. The SMILES string of the molecule is O=C1CC(OCc2ccccc2)C(O)N1Cc1ccccc1. The smallest absolute Gasteiger partial charge is 0.227 e. The fraction of sp³-hybridized carbons (Fsp3) is 0.278. The Kier molecular flexibility index (Phi) is 4.51. The van der Waals surface area contributed by atoms with Gasteiger partial charge in [0, 0.05) is 6.54 Å². The number of ether oxygens (including phenoxy) is 1. The van der Waals surface area contributed by atoms with E-state index in [1.165, 1.54) is 4.90 Å². The fourth-order valence-electron chi connectivity index (χ4n) is 2.63. The van der Waals surface area contributed by atoms with Crippen LogP contribution in [0.1, 0.15) is 17.5 Å². The van der Waals surface area contributed by atoms with E-state index < -0.39 is 12.3 Å². The van der Waals surface area contributed by atoms with Crippen LogP contribution in [-0.2, 0) is 22.7 Å². The Balaban J connectivity index is 1.60. The molecule has 0 aliphatic carbocycles. The Labute approximate surface area is 130 Å². The minimum atomic E-state index is -0.892. The summed E-state index contributed by atoms with van der Waals surface area (Å²) in [7, 11) is 0. The van der Waals surface area contributed by atoms with Crippen molar-refractivity contribution in [2.45, 2.75) is 31.9 Å². The second-order valence-electron chi connectivity index (χ2n) is 5.46. The van der Waals surface area contributed by atoms with Gasteiger partial charge in [0.05, 0.1) is 13.0 Å². The predicted octanol–water partition coefficient (Wildman–Crippen LogP) is 2.32. The van der Waals surface area contributed by atoms with Gasteiger partial charge in [-0.3, -0.25) is 4.79 Å². The summed E-state index contributed by atoms with van der Waals surface area (Å²) >= 11 is 0. The lowest BCUT2D eigenvalue weighted by Gasteiger charge is -2.23. The van der Waals surface area contributed by atoms with E-state index in [-0.39, 0.29) is 12.3 Å². The van der Waals surface area contributed by atoms with E-state index in [9.17, 15) is 9.90 Å². The molecule has 0 bridgehead atoms. The van der Waals surface area contributed by atoms with Crippen LogP contribution in [0.2, 0.25) is 0 Å². The van der Waals surface area contributed by atoms with Crippen LogP contribution in [0.15, 0.2) is 60.7 Å². The molecule has 1 heterocycles. The second kappa shape index (κ2) is 6.73. The molecule has 2 atom stereocenters. The zero-order valence-electron chi connectivity index (χ0n) is 12.3. The van der Waals surface area contributed by atoms with Crippen molar-refractivity contribution in [3.05, 3.63) is 71.8 Å². The highest BCUT2D eigenvalue weighted by atomic mass is 16.5. The number of likely N-dealkylation sites (tertiary alicyclic amines) is 1. The summed E-state index contributed by atoms with van der Waals surface area (Å²) in [5, 5.41) is 10.3.